The number of rotatable bonds is 6. The van der Waals surface area contributed by atoms with Crippen LogP contribution in [0.2, 0.25) is 0 Å². The maximum atomic E-state index is 9.20. The lowest BCUT2D eigenvalue weighted by Crippen LogP contribution is -2.09. The molecule has 0 fully saturated rings. The molecule has 0 saturated heterocycles. The van der Waals surface area contributed by atoms with Crippen molar-refractivity contribution >= 4 is 33.9 Å². The van der Waals surface area contributed by atoms with E-state index >= 15 is 0 Å². The summed E-state index contributed by atoms with van der Waals surface area (Å²) in [6.07, 6.45) is 3.66. The van der Waals surface area contributed by atoms with Crippen molar-refractivity contribution in [3.63, 3.8) is 0 Å². The Balaban J connectivity index is 1.59. The predicted molar refractivity (Wildman–Crippen MR) is 103 cm³/mol. The van der Waals surface area contributed by atoms with Crippen molar-refractivity contribution in [1.82, 2.24) is 9.97 Å². The molecule has 25 heavy (non-hydrogen) atoms. The SMILES string of the molecule is CC(C)(C)c1cnc(CSc2cnc(Nc3cccc(CO)c3)s2)o1. The summed E-state index contributed by atoms with van der Waals surface area (Å²) < 4.78 is 6.90. The number of thioether (sulfide) groups is 1. The van der Waals surface area contributed by atoms with E-state index in [1.165, 1.54) is 0 Å². The third-order valence-electron chi connectivity index (χ3n) is 3.48. The highest BCUT2D eigenvalue weighted by molar-refractivity contribution is 8.00. The van der Waals surface area contributed by atoms with Gasteiger partial charge in [0.05, 0.1) is 29.0 Å². The van der Waals surface area contributed by atoms with E-state index < -0.39 is 0 Å². The number of thiazole rings is 1. The summed E-state index contributed by atoms with van der Waals surface area (Å²) in [5, 5.41) is 13.3. The minimum absolute atomic E-state index is 0.0272. The minimum atomic E-state index is -0.0272. The van der Waals surface area contributed by atoms with Gasteiger partial charge in [-0.3, -0.25) is 0 Å². The Hall–Kier alpha value is -1.83. The Labute approximate surface area is 155 Å². The number of hydrogen-bond donors (Lipinski definition) is 2. The fourth-order valence-corrected chi connectivity index (χ4v) is 3.86. The quantitative estimate of drug-likeness (QED) is 0.594. The molecule has 0 aliphatic carbocycles. The number of nitrogens with one attached hydrogen (secondary N) is 1. The second kappa shape index (κ2) is 7.59. The van der Waals surface area contributed by atoms with Crippen LogP contribution in [0, 0.1) is 0 Å². The average Bonchev–Trinajstić information content (AvgIpc) is 3.22. The van der Waals surface area contributed by atoms with E-state index in [2.05, 4.69) is 36.1 Å². The van der Waals surface area contributed by atoms with Crippen LogP contribution in [0.25, 0.3) is 0 Å². The number of anilines is 2. The topological polar surface area (TPSA) is 71.2 Å². The lowest BCUT2D eigenvalue weighted by Gasteiger charge is -2.12. The average molecular weight is 376 g/mol. The fourth-order valence-electron chi connectivity index (χ4n) is 2.11. The van der Waals surface area contributed by atoms with Crippen LogP contribution >= 0.6 is 23.1 Å². The predicted octanol–water partition coefficient (Wildman–Crippen LogP) is 4.96. The molecule has 2 aromatic heterocycles. The van der Waals surface area contributed by atoms with Crippen LogP contribution in [-0.2, 0) is 17.8 Å². The van der Waals surface area contributed by atoms with E-state index in [9.17, 15) is 5.11 Å². The van der Waals surface area contributed by atoms with Crippen molar-refractivity contribution in [2.24, 2.45) is 0 Å². The van der Waals surface area contributed by atoms with E-state index in [1.807, 2.05) is 36.7 Å². The Morgan fingerprint density at radius 2 is 2.08 bits per heavy atom. The first-order valence-electron chi connectivity index (χ1n) is 7.94. The number of aromatic nitrogens is 2. The van der Waals surface area contributed by atoms with E-state index in [0.29, 0.717) is 5.75 Å². The van der Waals surface area contributed by atoms with Gasteiger partial charge >= 0.3 is 0 Å². The van der Waals surface area contributed by atoms with Gasteiger partial charge in [-0.1, -0.05) is 44.2 Å². The van der Waals surface area contributed by atoms with Gasteiger partial charge in [0, 0.05) is 11.1 Å². The Morgan fingerprint density at radius 3 is 2.80 bits per heavy atom. The summed E-state index contributed by atoms with van der Waals surface area (Å²) >= 11 is 3.24. The van der Waals surface area contributed by atoms with Crippen LogP contribution in [0.4, 0.5) is 10.8 Å². The molecule has 3 rings (SSSR count). The summed E-state index contributed by atoms with van der Waals surface area (Å²) in [4.78, 5) is 8.75. The number of hydrogen-bond acceptors (Lipinski definition) is 7. The third-order valence-corrected chi connectivity index (χ3v) is 5.57. The summed E-state index contributed by atoms with van der Waals surface area (Å²) in [6, 6.07) is 7.66. The Kier molecular flexibility index (Phi) is 5.46. The zero-order valence-electron chi connectivity index (χ0n) is 14.4. The van der Waals surface area contributed by atoms with Gasteiger partial charge in [-0.05, 0) is 17.7 Å². The maximum Gasteiger partial charge on any atom is 0.204 e. The molecule has 0 atom stereocenters. The number of oxazole rings is 1. The molecule has 2 heterocycles. The van der Waals surface area contributed by atoms with Crippen LogP contribution in [0.15, 0.2) is 45.3 Å². The molecule has 0 saturated carbocycles. The zero-order valence-corrected chi connectivity index (χ0v) is 16.1. The number of aliphatic hydroxyl groups is 1. The van der Waals surface area contributed by atoms with Crippen molar-refractivity contribution < 1.29 is 9.52 Å². The standard InChI is InChI=1S/C18H21N3O2S2/c1-18(2,3)14-8-19-15(23-14)11-24-16-9-20-17(25-16)21-13-6-4-5-12(7-13)10-22/h4-9,22H,10-11H2,1-3H3,(H,20,21). The first kappa shape index (κ1) is 18.0. The van der Waals surface area contributed by atoms with Gasteiger partial charge in [0.15, 0.2) is 5.13 Å². The van der Waals surface area contributed by atoms with Crippen LogP contribution in [0.5, 0.6) is 0 Å². The first-order chi connectivity index (χ1) is 11.9. The van der Waals surface area contributed by atoms with Crippen molar-refractivity contribution in [3.05, 3.63) is 53.9 Å². The molecule has 7 heteroatoms. The number of nitrogens with zero attached hydrogens (tertiary/aromatic N) is 2. The van der Waals surface area contributed by atoms with Gasteiger partial charge in [-0.25, -0.2) is 9.97 Å². The van der Waals surface area contributed by atoms with E-state index in [1.54, 1.807) is 23.1 Å². The van der Waals surface area contributed by atoms with Crippen LogP contribution < -0.4 is 5.32 Å². The molecule has 0 aliphatic heterocycles. The highest BCUT2D eigenvalue weighted by Gasteiger charge is 2.19. The largest absolute Gasteiger partial charge is 0.444 e. The van der Waals surface area contributed by atoms with Crippen molar-refractivity contribution in [2.45, 2.75) is 42.8 Å². The van der Waals surface area contributed by atoms with Gasteiger partial charge < -0.3 is 14.8 Å². The van der Waals surface area contributed by atoms with Crippen LogP contribution in [0.3, 0.4) is 0 Å². The van der Waals surface area contributed by atoms with Gasteiger partial charge in [0.25, 0.3) is 0 Å². The highest BCUT2D eigenvalue weighted by atomic mass is 32.2. The van der Waals surface area contributed by atoms with Gasteiger partial charge in [0.2, 0.25) is 5.89 Å². The molecule has 2 N–H and O–H groups in total. The van der Waals surface area contributed by atoms with E-state index in [-0.39, 0.29) is 12.0 Å². The minimum Gasteiger partial charge on any atom is -0.444 e. The molecule has 0 aliphatic rings. The summed E-state index contributed by atoms with van der Waals surface area (Å²) in [6.45, 7) is 6.35. The molecule has 5 nitrogen and oxygen atoms in total. The molecule has 132 valence electrons. The Morgan fingerprint density at radius 1 is 1.24 bits per heavy atom. The smallest absolute Gasteiger partial charge is 0.204 e. The molecule has 0 spiro atoms. The number of benzene rings is 1. The van der Waals surface area contributed by atoms with Gasteiger partial charge in [-0.15, -0.1) is 11.8 Å². The Bertz CT molecular complexity index is 837. The van der Waals surface area contributed by atoms with Gasteiger partial charge in [-0.2, -0.15) is 0 Å². The van der Waals surface area contributed by atoms with Gasteiger partial charge in [0.1, 0.15) is 5.76 Å². The molecular weight excluding hydrogens is 354 g/mol. The first-order valence-corrected chi connectivity index (χ1v) is 9.75. The molecule has 3 aromatic rings. The summed E-state index contributed by atoms with van der Waals surface area (Å²) in [5.41, 5.74) is 1.76. The van der Waals surface area contributed by atoms with E-state index in [4.69, 9.17) is 4.42 Å². The molecule has 0 unspecified atom stereocenters. The van der Waals surface area contributed by atoms with Crippen molar-refractivity contribution in [1.29, 1.82) is 0 Å². The third kappa shape index (κ3) is 4.84. The molecule has 0 bridgehead atoms. The second-order valence-corrected chi connectivity index (χ2v) is 8.93. The fraction of sp³-hybridized carbons (Fsp3) is 0.333. The van der Waals surface area contributed by atoms with Crippen LogP contribution in [-0.4, -0.2) is 15.1 Å². The molecule has 1 aromatic carbocycles. The highest BCUT2D eigenvalue weighted by Crippen LogP contribution is 2.33. The maximum absolute atomic E-state index is 9.20. The summed E-state index contributed by atoms with van der Waals surface area (Å²) in [5.74, 6) is 2.31. The molecule has 0 amide bonds. The van der Waals surface area contributed by atoms with E-state index in [0.717, 1.165) is 32.2 Å². The summed E-state index contributed by atoms with van der Waals surface area (Å²) in [7, 11) is 0. The normalized spacial score (nSPS) is 11.7. The second-order valence-electron chi connectivity index (χ2n) is 6.62. The molecular formula is C18H21N3O2S2. The van der Waals surface area contributed by atoms with Crippen LogP contribution in [0.1, 0.15) is 38.0 Å². The van der Waals surface area contributed by atoms with Crippen molar-refractivity contribution in [2.75, 3.05) is 5.32 Å². The monoisotopic (exact) mass is 375 g/mol. The number of aliphatic hydroxyl groups excluding tert-OH is 1. The van der Waals surface area contributed by atoms with Crippen molar-refractivity contribution in [3.8, 4) is 0 Å². The lowest BCUT2D eigenvalue weighted by molar-refractivity contribution is 0.282. The molecule has 0 radical (unpaired) electrons. The zero-order chi connectivity index (χ0) is 17.9. The lowest BCUT2D eigenvalue weighted by atomic mass is 9.94.